The molecule has 6 aliphatic carbocycles. The molecular weight excluding hydrogens is 884 g/mol. The van der Waals surface area contributed by atoms with Gasteiger partial charge in [-0.15, -0.1) is 0 Å². The van der Waals surface area contributed by atoms with Crippen molar-refractivity contribution in [2.45, 2.75) is 99.5 Å². The maximum Gasteiger partial charge on any atom is 0.407 e. The summed E-state index contributed by atoms with van der Waals surface area (Å²) in [6.07, 6.45) is 2.25. The van der Waals surface area contributed by atoms with Crippen molar-refractivity contribution in [2.75, 3.05) is 7.11 Å². The number of carbonyl (C=O) groups excluding carboxylic acids is 4. The summed E-state index contributed by atoms with van der Waals surface area (Å²) < 4.78 is 66.5. The summed E-state index contributed by atoms with van der Waals surface area (Å²) in [6.45, 7) is 0. The lowest BCUT2D eigenvalue weighted by Crippen LogP contribution is -2.53. The van der Waals surface area contributed by atoms with Crippen LogP contribution in [-0.2, 0) is 19.1 Å². The standard InChI is InChI=1S/C47H47ClF4N8O6/c1-65-45(64)57-37(25-10-27-28(11-25)46(27,49)50)42(61)59-32-14-24(32)17-35(59)41-56-36(39(48)58-41)22-8-4-20(5-9-22)19-2-6-21(7-3-19)31-18-54-40(55-31)34-16-23-15-33(23)60(34)43(62)38(66-44(53)63)26-12-29-30(13-26)47(29,51)52/h2-9,18,23-30,32-35,37-38H,10-17H2,1H3,(H2,53,63)(H,54,55)(H,56,58)(H,57,64)/t23-,24-,25-,26-,27-,28+,29-,30+,32-,33-,34+,35+,37?,38?/m1/s1. The van der Waals surface area contributed by atoms with Gasteiger partial charge in [0.15, 0.2) is 11.3 Å². The number of amides is 4. The van der Waals surface area contributed by atoms with E-state index in [0.717, 1.165) is 35.1 Å². The fraction of sp³-hybridized carbons (Fsp3) is 0.532. The van der Waals surface area contributed by atoms with Gasteiger partial charge in [-0.05, 0) is 80.2 Å². The van der Waals surface area contributed by atoms with Gasteiger partial charge in [0, 0.05) is 59.0 Å². The van der Waals surface area contributed by atoms with Gasteiger partial charge in [0.2, 0.25) is 5.91 Å². The molecule has 14 atom stereocenters. The fourth-order valence-electron chi connectivity index (χ4n) is 12.6. The Balaban J connectivity index is 0.719. The average molecular weight is 931 g/mol. The first kappa shape index (κ1) is 41.8. The number of halogens is 5. The molecule has 66 heavy (non-hydrogen) atoms. The summed E-state index contributed by atoms with van der Waals surface area (Å²) in [5.41, 5.74) is 10.2. The quantitative estimate of drug-likeness (QED) is 0.109. The van der Waals surface area contributed by atoms with Crippen LogP contribution < -0.4 is 11.1 Å². The van der Waals surface area contributed by atoms with Crippen LogP contribution in [0.25, 0.3) is 33.6 Å². The Morgan fingerprint density at radius 1 is 0.727 bits per heavy atom. The largest absolute Gasteiger partial charge is 0.453 e. The lowest BCUT2D eigenvalue weighted by atomic mass is 9.92. The molecule has 2 saturated heterocycles. The first-order valence-corrected chi connectivity index (χ1v) is 23.2. The number of nitrogens with zero attached hydrogens (tertiary/aromatic N) is 4. The molecule has 14 nitrogen and oxygen atoms in total. The number of primary amides is 1. The van der Waals surface area contributed by atoms with Gasteiger partial charge in [0.05, 0.1) is 30.6 Å². The number of fused-ring (bicyclic) bond motifs is 4. The topological polar surface area (TPSA) is 189 Å². The molecule has 8 fully saturated rings. The van der Waals surface area contributed by atoms with E-state index in [9.17, 15) is 36.7 Å². The highest BCUT2D eigenvalue weighted by molar-refractivity contribution is 6.32. The third kappa shape index (κ3) is 6.69. The summed E-state index contributed by atoms with van der Waals surface area (Å²) in [4.78, 5) is 72.3. The first-order chi connectivity index (χ1) is 31.6. The molecule has 0 bridgehead atoms. The number of hydrogen-bond donors (Lipinski definition) is 4. The Bertz CT molecular complexity index is 2630. The molecule has 2 unspecified atom stereocenters. The van der Waals surface area contributed by atoms with Gasteiger partial charge in [0.1, 0.15) is 17.7 Å². The SMILES string of the molecule is COC(=O)NC(C(=O)N1[C@@H]2C[C@@H]2C[C@H]1c1nc(Cl)c(-c2ccc(-c3ccc(-c4c[nH]c([C@@H]5C[C@H]6C[C@H]6N5C(=O)C(OC(N)=O)[C@@H]5C[C@@H]6[C@H](C5)C6(F)F)n4)cc3)cc2)[nH]1)[C@@H]1C[C@@H]2[C@H](C1)C2(F)F. The van der Waals surface area contributed by atoms with Crippen LogP contribution in [0.15, 0.2) is 54.7 Å². The zero-order chi connectivity index (χ0) is 45.7. The number of aromatic amines is 2. The number of alkyl carbamates (subject to hydrolysis) is 1. The first-order valence-electron chi connectivity index (χ1n) is 22.8. The number of piperidine rings is 2. The monoisotopic (exact) mass is 930 g/mol. The van der Waals surface area contributed by atoms with Crippen molar-refractivity contribution in [3.05, 3.63) is 71.5 Å². The predicted octanol–water partition coefficient (Wildman–Crippen LogP) is 7.88. The van der Waals surface area contributed by atoms with Crippen molar-refractivity contribution in [3.63, 3.8) is 0 Å². The molecule has 346 valence electrons. The Morgan fingerprint density at radius 3 is 1.80 bits per heavy atom. The van der Waals surface area contributed by atoms with E-state index in [4.69, 9.17) is 31.8 Å². The van der Waals surface area contributed by atoms with Gasteiger partial charge in [0.25, 0.3) is 17.8 Å². The van der Waals surface area contributed by atoms with E-state index in [2.05, 4.69) is 20.3 Å². The molecule has 0 radical (unpaired) electrons. The molecule has 19 heteroatoms. The maximum absolute atomic E-state index is 14.3. The number of nitrogens with two attached hydrogens (primary N) is 1. The summed E-state index contributed by atoms with van der Waals surface area (Å²) in [5, 5.41) is 2.92. The van der Waals surface area contributed by atoms with E-state index < -0.39 is 83.6 Å². The van der Waals surface area contributed by atoms with E-state index >= 15 is 0 Å². The number of likely N-dealkylation sites (tertiary alicyclic amines) is 2. The smallest absolute Gasteiger partial charge is 0.407 e. The van der Waals surface area contributed by atoms with Gasteiger partial charge < -0.3 is 40.3 Å². The number of imidazole rings is 2. The highest BCUT2D eigenvalue weighted by Crippen LogP contribution is 2.68. The van der Waals surface area contributed by atoms with E-state index in [1.54, 1.807) is 16.0 Å². The Kier molecular flexibility index (Phi) is 9.28. The molecule has 2 aliphatic heterocycles. The Morgan fingerprint density at radius 2 is 1.24 bits per heavy atom. The summed E-state index contributed by atoms with van der Waals surface area (Å²) >= 11 is 6.75. The number of nitrogens with one attached hydrogen (secondary N) is 3. The lowest BCUT2D eigenvalue weighted by molar-refractivity contribution is -0.146. The molecule has 2 aromatic carbocycles. The zero-order valence-electron chi connectivity index (χ0n) is 35.6. The van der Waals surface area contributed by atoms with Crippen molar-refractivity contribution in [3.8, 4) is 33.6 Å². The third-order valence-corrected chi connectivity index (χ3v) is 16.7. The number of benzene rings is 2. The van der Waals surface area contributed by atoms with E-state index in [1.807, 2.05) is 48.5 Å². The lowest BCUT2D eigenvalue weighted by Gasteiger charge is -2.33. The second-order valence-electron chi connectivity index (χ2n) is 19.9. The minimum atomic E-state index is -2.72. The molecule has 8 aliphatic rings. The second kappa shape index (κ2) is 14.7. The number of alkyl halides is 4. The molecular formula is C47H47ClF4N8O6. The Hall–Kier alpha value is -5.65. The van der Waals surface area contributed by atoms with Crippen LogP contribution in [0.1, 0.15) is 75.1 Å². The van der Waals surface area contributed by atoms with Crippen molar-refractivity contribution in [2.24, 2.45) is 53.1 Å². The van der Waals surface area contributed by atoms with Crippen LogP contribution in [0.5, 0.6) is 0 Å². The minimum Gasteiger partial charge on any atom is -0.453 e. The number of hydrogen-bond acceptors (Lipinski definition) is 8. The van der Waals surface area contributed by atoms with Gasteiger partial charge in [-0.25, -0.2) is 37.1 Å². The van der Waals surface area contributed by atoms with E-state index in [1.165, 1.54) is 7.11 Å². The number of ether oxygens (including phenoxy) is 2. The third-order valence-electron chi connectivity index (χ3n) is 16.4. The molecule has 5 N–H and O–H groups in total. The molecule has 0 spiro atoms. The van der Waals surface area contributed by atoms with Crippen molar-refractivity contribution in [1.82, 2.24) is 35.1 Å². The summed E-state index contributed by atoms with van der Waals surface area (Å²) in [6, 6.07) is 13.8. The van der Waals surface area contributed by atoms with Crippen LogP contribution in [-0.4, -0.2) is 96.9 Å². The van der Waals surface area contributed by atoms with Crippen LogP contribution >= 0.6 is 11.6 Å². The van der Waals surface area contributed by atoms with Crippen LogP contribution in [0.3, 0.4) is 0 Å². The molecule has 6 saturated carbocycles. The predicted molar refractivity (Wildman–Crippen MR) is 227 cm³/mol. The van der Waals surface area contributed by atoms with E-state index in [-0.39, 0.29) is 66.7 Å². The number of rotatable bonds is 11. The minimum absolute atomic E-state index is 0.0324. The van der Waals surface area contributed by atoms with Gasteiger partial charge in [-0.1, -0.05) is 60.1 Å². The highest BCUT2D eigenvalue weighted by atomic mass is 35.5. The normalized spacial score (nSPS) is 34.1. The number of methoxy groups -OCH3 is 1. The molecule has 12 rings (SSSR count). The number of aromatic nitrogens is 4. The average Bonchev–Trinajstić information content (AvgIpc) is 4.01. The van der Waals surface area contributed by atoms with E-state index in [0.29, 0.717) is 35.9 Å². The Labute approximate surface area is 380 Å². The highest BCUT2D eigenvalue weighted by Gasteiger charge is 2.74. The van der Waals surface area contributed by atoms with Crippen molar-refractivity contribution in [1.29, 1.82) is 0 Å². The maximum atomic E-state index is 14.3. The second-order valence-corrected chi connectivity index (χ2v) is 20.3. The van der Waals surface area contributed by atoms with Crippen molar-refractivity contribution < 1.29 is 46.2 Å². The fourth-order valence-corrected chi connectivity index (χ4v) is 12.9. The molecule has 4 aromatic rings. The van der Waals surface area contributed by atoms with Gasteiger partial charge in [-0.2, -0.15) is 0 Å². The number of carbonyl (C=O) groups is 4. The molecule has 4 heterocycles. The van der Waals surface area contributed by atoms with Crippen molar-refractivity contribution >= 4 is 35.6 Å². The van der Waals surface area contributed by atoms with Crippen LogP contribution in [0, 0.1) is 47.3 Å². The molecule has 4 amide bonds. The van der Waals surface area contributed by atoms with Gasteiger partial charge in [-0.3, -0.25) is 9.59 Å². The molecule has 2 aromatic heterocycles. The van der Waals surface area contributed by atoms with Gasteiger partial charge >= 0.3 is 12.2 Å². The number of H-pyrrole nitrogens is 2. The summed E-state index contributed by atoms with van der Waals surface area (Å²) in [7, 11) is 1.21. The van der Waals surface area contributed by atoms with Crippen LogP contribution in [0.2, 0.25) is 5.15 Å². The zero-order valence-corrected chi connectivity index (χ0v) is 36.4. The van der Waals surface area contributed by atoms with Crippen LogP contribution in [0.4, 0.5) is 27.2 Å². The summed E-state index contributed by atoms with van der Waals surface area (Å²) in [5.74, 6) is -8.51.